The molecule has 18 heavy (non-hydrogen) atoms. The average molecular weight is 281 g/mol. The topological polar surface area (TPSA) is 28.2 Å². The highest BCUT2D eigenvalue weighted by Crippen LogP contribution is 2.28. The summed E-state index contributed by atoms with van der Waals surface area (Å²) >= 11 is 3.58. The highest BCUT2D eigenvalue weighted by Gasteiger charge is 2.13. The number of hydrogen-bond donors (Lipinski definition) is 1. The second-order valence-corrected chi connectivity index (χ2v) is 6.22. The van der Waals surface area contributed by atoms with E-state index in [0.29, 0.717) is 6.04 Å². The van der Waals surface area contributed by atoms with Crippen molar-refractivity contribution in [3.05, 3.63) is 33.5 Å². The molecule has 2 aromatic rings. The van der Waals surface area contributed by atoms with E-state index in [1.807, 2.05) is 13.2 Å². The minimum absolute atomic E-state index is 0.372. The Balaban J connectivity index is 2.10. The highest BCUT2D eigenvalue weighted by molar-refractivity contribution is 7.15. The van der Waals surface area contributed by atoms with Crippen LogP contribution >= 0.6 is 22.7 Å². The molecule has 2 rings (SSSR count). The summed E-state index contributed by atoms with van der Waals surface area (Å²) in [6, 6.07) is 4.65. The molecule has 1 N–H and O–H groups in total. The molecule has 0 amide bonds. The molecule has 0 fully saturated rings. The van der Waals surface area contributed by atoms with E-state index in [2.05, 4.69) is 46.6 Å². The first kappa shape index (κ1) is 13.5. The molecule has 5 heteroatoms. The van der Waals surface area contributed by atoms with Gasteiger partial charge in [0.05, 0.1) is 6.54 Å². The van der Waals surface area contributed by atoms with Crippen molar-refractivity contribution < 1.29 is 0 Å². The number of nitrogens with zero attached hydrogens (tertiary/aromatic N) is 2. The van der Waals surface area contributed by atoms with Crippen molar-refractivity contribution in [2.45, 2.75) is 26.4 Å². The van der Waals surface area contributed by atoms with Crippen molar-refractivity contribution in [2.24, 2.45) is 0 Å². The fourth-order valence-corrected chi connectivity index (χ4v) is 3.43. The van der Waals surface area contributed by atoms with Crippen molar-refractivity contribution in [2.75, 3.05) is 18.5 Å². The van der Waals surface area contributed by atoms with Gasteiger partial charge in [-0.05, 0) is 32.3 Å². The van der Waals surface area contributed by atoms with E-state index in [1.165, 1.54) is 9.75 Å². The molecule has 0 aliphatic carbocycles. The number of thiazole rings is 1. The lowest BCUT2D eigenvalue weighted by molar-refractivity contribution is 0.662. The maximum Gasteiger partial charge on any atom is 0.185 e. The number of rotatable bonds is 6. The van der Waals surface area contributed by atoms with Crippen molar-refractivity contribution in [1.82, 2.24) is 10.3 Å². The van der Waals surface area contributed by atoms with Crippen LogP contribution in [0.1, 0.15) is 29.6 Å². The molecular weight excluding hydrogens is 262 g/mol. The second kappa shape index (κ2) is 6.31. The van der Waals surface area contributed by atoms with E-state index in [0.717, 1.165) is 18.2 Å². The largest absolute Gasteiger partial charge is 0.343 e. The molecule has 2 aromatic heterocycles. The summed E-state index contributed by atoms with van der Waals surface area (Å²) in [5.74, 6) is 0. The van der Waals surface area contributed by atoms with Gasteiger partial charge in [-0.15, -0.1) is 22.7 Å². The molecule has 3 nitrogen and oxygen atoms in total. The SMILES string of the molecule is CCN(Cc1cccs1)c1ncc(C(C)NC)s1. The van der Waals surface area contributed by atoms with Gasteiger partial charge in [0.1, 0.15) is 0 Å². The van der Waals surface area contributed by atoms with Gasteiger partial charge in [0.2, 0.25) is 0 Å². The Morgan fingerprint density at radius 3 is 2.94 bits per heavy atom. The zero-order valence-corrected chi connectivity index (χ0v) is 12.6. The lowest BCUT2D eigenvalue weighted by atomic mass is 10.3. The monoisotopic (exact) mass is 281 g/mol. The molecule has 2 heterocycles. The van der Waals surface area contributed by atoms with Gasteiger partial charge in [-0.2, -0.15) is 0 Å². The van der Waals surface area contributed by atoms with Crippen LogP contribution in [0.5, 0.6) is 0 Å². The second-order valence-electron chi connectivity index (χ2n) is 4.15. The fraction of sp³-hybridized carbons (Fsp3) is 0.462. The summed E-state index contributed by atoms with van der Waals surface area (Å²) in [6.45, 7) is 6.27. The Bertz CT molecular complexity index is 464. The number of nitrogens with one attached hydrogen (secondary N) is 1. The zero-order valence-electron chi connectivity index (χ0n) is 11.0. The predicted octanol–water partition coefficient (Wildman–Crippen LogP) is 3.51. The molecule has 0 aromatic carbocycles. The first-order chi connectivity index (χ1) is 8.74. The third kappa shape index (κ3) is 3.10. The highest BCUT2D eigenvalue weighted by atomic mass is 32.1. The minimum atomic E-state index is 0.372. The van der Waals surface area contributed by atoms with Crippen molar-refractivity contribution in [3.63, 3.8) is 0 Å². The standard InChI is InChI=1S/C13H19N3S2/c1-4-16(9-11-6-5-7-17-11)13-15-8-12(18-13)10(2)14-3/h5-8,10,14H,4,9H2,1-3H3. The first-order valence-electron chi connectivity index (χ1n) is 6.15. The minimum Gasteiger partial charge on any atom is -0.343 e. The Kier molecular flexibility index (Phi) is 4.74. The summed E-state index contributed by atoms with van der Waals surface area (Å²) in [7, 11) is 1.98. The van der Waals surface area contributed by atoms with E-state index >= 15 is 0 Å². The van der Waals surface area contributed by atoms with Gasteiger partial charge >= 0.3 is 0 Å². The third-order valence-corrected chi connectivity index (χ3v) is 5.05. The van der Waals surface area contributed by atoms with Crippen molar-refractivity contribution in [3.8, 4) is 0 Å². The van der Waals surface area contributed by atoms with E-state index in [-0.39, 0.29) is 0 Å². The van der Waals surface area contributed by atoms with Crippen LogP contribution in [0, 0.1) is 0 Å². The van der Waals surface area contributed by atoms with Gasteiger partial charge in [-0.25, -0.2) is 4.98 Å². The smallest absolute Gasteiger partial charge is 0.185 e. The average Bonchev–Trinajstić information content (AvgIpc) is 3.05. The van der Waals surface area contributed by atoms with Crippen LogP contribution in [0.15, 0.2) is 23.7 Å². The Morgan fingerprint density at radius 2 is 2.33 bits per heavy atom. The van der Waals surface area contributed by atoms with Gasteiger partial charge in [-0.3, -0.25) is 0 Å². The van der Waals surface area contributed by atoms with Crippen molar-refractivity contribution >= 4 is 27.8 Å². The van der Waals surface area contributed by atoms with Crippen LogP contribution in [0.4, 0.5) is 5.13 Å². The molecule has 0 aliphatic heterocycles. The Hall–Kier alpha value is -0.910. The first-order valence-corrected chi connectivity index (χ1v) is 7.84. The molecule has 0 saturated carbocycles. The van der Waals surface area contributed by atoms with Gasteiger partial charge in [-0.1, -0.05) is 6.07 Å². The van der Waals surface area contributed by atoms with Crippen LogP contribution in [-0.4, -0.2) is 18.6 Å². The summed E-state index contributed by atoms with van der Waals surface area (Å²) in [5.41, 5.74) is 0. The molecule has 1 unspecified atom stereocenters. The predicted molar refractivity (Wildman–Crippen MR) is 80.6 cm³/mol. The normalized spacial score (nSPS) is 12.6. The summed E-state index contributed by atoms with van der Waals surface area (Å²) in [4.78, 5) is 9.54. The zero-order chi connectivity index (χ0) is 13.0. The van der Waals surface area contributed by atoms with Crippen LogP contribution < -0.4 is 10.2 Å². The summed E-state index contributed by atoms with van der Waals surface area (Å²) in [6.07, 6.45) is 1.98. The molecule has 0 bridgehead atoms. The molecule has 98 valence electrons. The molecular formula is C13H19N3S2. The summed E-state index contributed by atoms with van der Waals surface area (Å²) < 4.78 is 0. The van der Waals surface area contributed by atoms with Gasteiger partial charge < -0.3 is 10.2 Å². The van der Waals surface area contributed by atoms with E-state index in [4.69, 9.17) is 0 Å². The van der Waals surface area contributed by atoms with E-state index < -0.39 is 0 Å². The van der Waals surface area contributed by atoms with E-state index in [9.17, 15) is 0 Å². The quantitative estimate of drug-likeness (QED) is 0.878. The number of hydrogen-bond acceptors (Lipinski definition) is 5. The Morgan fingerprint density at radius 1 is 1.50 bits per heavy atom. The molecule has 0 saturated heterocycles. The third-order valence-electron chi connectivity index (χ3n) is 2.95. The Labute approximate surface area is 116 Å². The van der Waals surface area contributed by atoms with Crippen molar-refractivity contribution in [1.29, 1.82) is 0 Å². The van der Waals surface area contributed by atoms with Gasteiger partial charge in [0.25, 0.3) is 0 Å². The van der Waals surface area contributed by atoms with Crippen LogP contribution in [0.2, 0.25) is 0 Å². The number of anilines is 1. The number of aromatic nitrogens is 1. The van der Waals surface area contributed by atoms with Gasteiger partial charge in [0.15, 0.2) is 5.13 Å². The molecule has 0 radical (unpaired) electrons. The lowest BCUT2D eigenvalue weighted by Crippen LogP contribution is -2.21. The maximum atomic E-state index is 4.55. The van der Waals surface area contributed by atoms with Gasteiger partial charge in [0, 0.05) is 28.5 Å². The maximum absolute atomic E-state index is 4.55. The molecule has 0 spiro atoms. The number of thiophene rings is 1. The lowest BCUT2D eigenvalue weighted by Gasteiger charge is -2.18. The van der Waals surface area contributed by atoms with Crippen LogP contribution in [-0.2, 0) is 6.54 Å². The summed E-state index contributed by atoms with van der Waals surface area (Å²) in [5, 5.41) is 6.49. The van der Waals surface area contributed by atoms with Crippen LogP contribution in [0.25, 0.3) is 0 Å². The molecule has 0 aliphatic rings. The molecule has 1 atom stereocenters. The van der Waals surface area contributed by atoms with E-state index in [1.54, 1.807) is 22.7 Å². The fourth-order valence-electron chi connectivity index (χ4n) is 1.67. The van der Waals surface area contributed by atoms with Crippen LogP contribution in [0.3, 0.4) is 0 Å².